The fourth-order valence-corrected chi connectivity index (χ4v) is 1.57. The predicted molar refractivity (Wildman–Crippen MR) is 60.0 cm³/mol. The quantitative estimate of drug-likeness (QED) is 0.875. The van der Waals surface area contributed by atoms with Crippen molar-refractivity contribution in [2.45, 2.75) is 20.3 Å². The van der Waals surface area contributed by atoms with E-state index < -0.39 is 5.97 Å². The Morgan fingerprint density at radius 1 is 1.35 bits per heavy atom. The van der Waals surface area contributed by atoms with Gasteiger partial charge in [-0.15, -0.1) is 10.2 Å². The highest BCUT2D eigenvalue weighted by molar-refractivity contribution is 5.81. The summed E-state index contributed by atoms with van der Waals surface area (Å²) < 4.78 is 5.02. The maximum Gasteiger partial charge on any atom is 0.393 e. The molecule has 0 aliphatic rings. The molecule has 0 radical (unpaired) electrons. The SMILES string of the molecule is Cc1ccc(C)c(Cc2nnc(C(=O)O)o2)c1. The number of aromatic carboxylic acids is 1. The van der Waals surface area contributed by atoms with Crippen LogP contribution >= 0.6 is 0 Å². The lowest BCUT2D eigenvalue weighted by molar-refractivity contribution is 0.0651. The Balaban J connectivity index is 2.25. The van der Waals surface area contributed by atoms with Gasteiger partial charge in [-0.2, -0.15) is 0 Å². The number of hydrogen-bond acceptors (Lipinski definition) is 4. The van der Waals surface area contributed by atoms with Crippen molar-refractivity contribution >= 4 is 5.97 Å². The first-order valence-corrected chi connectivity index (χ1v) is 5.18. The average Bonchev–Trinajstić information content (AvgIpc) is 2.72. The van der Waals surface area contributed by atoms with Crippen molar-refractivity contribution in [3.05, 3.63) is 46.7 Å². The minimum atomic E-state index is -1.20. The third kappa shape index (κ3) is 2.50. The molecule has 2 aromatic rings. The van der Waals surface area contributed by atoms with Gasteiger partial charge in [0, 0.05) is 0 Å². The molecule has 17 heavy (non-hydrogen) atoms. The van der Waals surface area contributed by atoms with Crippen LogP contribution in [-0.4, -0.2) is 21.3 Å². The third-order valence-corrected chi connectivity index (χ3v) is 2.50. The monoisotopic (exact) mass is 232 g/mol. The lowest BCUT2D eigenvalue weighted by Crippen LogP contribution is -1.95. The molecule has 0 bridgehead atoms. The van der Waals surface area contributed by atoms with Crippen molar-refractivity contribution in [2.24, 2.45) is 0 Å². The highest BCUT2D eigenvalue weighted by atomic mass is 16.4. The van der Waals surface area contributed by atoms with E-state index in [4.69, 9.17) is 9.52 Å². The first kappa shape index (κ1) is 11.3. The highest BCUT2D eigenvalue weighted by Gasteiger charge is 2.13. The molecule has 0 aliphatic carbocycles. The van der Waals surface area contributed by atoms with Crippen LogP contribution in [0.4, 0.5) is 0 Å². The van der Waals surface area contributed by atoms with Crippen LogP contribution < -0.4 is 0 Å². The van der Waals surface area contributed by atoms with Crippen LogP contribution in [0.15, 0.2) is 22.6 Å². The molecule has 1 aromatic carbocycles. The Labute approximate surface area is 98.1 Å². The highest BCUT2D eigenvalue weighted by Crippen LogP contribution is 2.15. The van der Waals surface area contributed by atoms with Crippen LogP contribution in [-0.2, 0) is 6.42 Å². The van der Waals surface area contributed by atoms with Gasteiger partial charge in [0.1, 0.15) is 0 Å². The fraction of sp³-hybridized carbons (Fsp3) is 0.250. The first-order valence-electron chi connectivity index (χ1n) is 5.18. The van der Waals surface area contributed by atoms with Crippen molar-refractivity contribution in [1.82, 2.24) is 10.2 Å². The van der Waals surface area contributed by atoms with Crippen LogP contribution in [0.25, 0.3) is 0 Å². The Bertz CT molecular complexity index is 561. The molecule has 0 spiro atoms. The molecule has 1 aromatic heterocycles. The molecular formula is C12H12N2O3. The van der Waals surface area contributed by atoms with E-state index in [2.05, 4.69) is 10.2 Å². The molecule has 0 atom stereocenters. The van der Waals surface area contributed by atoms with Crippen LogP contribution in [0.5, 0.6) is 0 Å². The summed E-state index contributed by atoms with van der Waals surface area (Å²) in [5.74, 6) is -1.26. The molecule has 0 saturated carbocycles. The Hall–Kier alpha value is -2.17. The van der Waals surface area contributed by atoms with Crippen LogP contribution in [0.1, 0.15) is 33.3 Å². The number of benzene rings is 1. The van der Waals surface area contributed by atoms with Gasteiger partial charge in [-0.3, -0.25) is 0 Å². The van der Waals surface area contributed by atoms with Gasteiger partial charge < -0.3 is 9.52 Å². The maximum absolute atomic E-state index is 10.6. The summed E-state index contributed by atoms with van der Waals surface area (Å²) >= 11 is 0. The molecule has 0 amide bonds. The van der Waals surface area contributed by atoms with E-state index in [-0.39, 0.29) is 5.89 Å². The van der Waals surface area contributed by atoms with Gasteiger partial charge in [0.2, 0.25) is 5.89 Å². The summed E-state index contributed by atoms with van der Waals surface area (Å²) in [5, 5.41) is 15.8. The minimum absolute atomic E-state index is 0.316. The summed E-state index contributed by atoms with van der Waals surface area (Å²) in [6.45, 7) is 3.99. The second-order valence-electron chi connectivity index (χ2n) is 3.91. The zero-order chi connectivity index (χ0) is 12.4. The van der Waals surface area contributed by atoms with Gasteiger partial charge >= 0.3 is 11.9 Å². The number of hydrogen-bond donors (Lipinski definition) is 1. The zero-order valence-electron chi connectivity index (χ0n) is 9.60. The molecule has 5 nitrogen and oxygen atoms in total. The Kier molecular flexibility index (Phi) is 2.91. The molecule has 0 fully saturated rings. The lowest BCUT2D eigenvalue weighted by atomic mass is 10.0. The minimum Gasteiger partial charge on any atom is -0.474 e. The smallest absolute Gasteiger partial charge is 0.393 e. The number of aryl methyl sites for hydroxylation is 2. The molecule has 1 N–H and O–H groups in total. The standard InChI is InChI=1S/C12H12N2O3/c1-7-3-4-8(2)9(5-7)6-10-13-14-11(17-10)12(15)16/h3-5H,6H2,1-2H3,(H,15,16). The molecular weight excluding hydrogens is 220 g/mol. The van der Waals surface area contributed by atoms with Crippen molar-refractivity contribution in [3.8, 4) is 0 Å². The van der Waals surface area contributed by atoms with E-state index in [1.165, 1.54) is 0 Å². The average molecular weight is 232 g/mol. The topological polar surface area (TPSA) is 76.2 Å². The zero-order valence-corrected chi connectivity index (χ0v) is 9.60. The molecule has 2 rings (SSSR count). The lowest BCUT2D eigenvalue weighted by Gasteiger charge is -2.03. The van der Waals surface area contributed by atoms with E-state index >= 15 is 0 Å². The number of aromatic nitrogens is 2. The van der Waals surface area contributed by atoms with Gasteiger partial charge in [0.05, 0.1) is 6.42 Å². The number of rotatable bonds is 3. The number of carboxylic acids is 1. The molecule has 5 heteroatoms. The van der Waals surface area contributed by atoms with Gasteiger partial charge in [-0.1, -0.05) is 23.8 Å². The Morgan fingerprint density at radius 2 is 2.12 bits per heavy atom. The second kappa shape index (κ2) is 4.37. The van der Waals surface area contributed by atoms with Crippen LogP contribution in [0.3, 0.4) is 0 Å². The molecule has 88 valence electrons. The fourth-order valence-electron chi connectivity index (χ4n) is 1.57. The first-order chi connectivity index (χ1) is 8.06. The van der Waals surface area contributed by atoms with Crippen molar-refractivity contribution in [2.75, 3.05) is 0 Å². The summed E-state index contributed by atoms with van der Waals surface area (Å²) in [6.07, 6.45) is 0.452. The molecule has 0 aliphatic heterocycles. The largest absolute Gasteiger partial charge is 0.474 e. The second-order valence-corrected chi connectivity index (χ2v) is 3.91. The molecule has 0 unspecified atom stereocenters. The summed E-state index contributed by atoms with van der Waals surface area (Å²) in [5.41, 5.74) is 3.32. The predicted octanol–water partition coefficient (Wildman–Crippen LogP) is 1.98. The van der Waals surface area contributed by atoms with Gasteiger partial charge in [-0.05, 0) is 25.0 Å². The summed E-state index contributed by atoms with van der Waals surface area (Å²) in [7, 11) is 0. The van der Waals surface area contributed by atoms with E-state index in [1.54, 1.807) is 0 Å². The van der Waals surface area contributed by atoms with E-state index in [0.717, 1.165) is 16.7 Å². The van der Waals surface area contributed by atoms with Crippen LogP contribution in [0, 0.1) is 13.8 Å². The summed E-state index contributed by atoms with van der Waals surface area (Å²) in [6, 6.07) is 6.06. The third-order valence-electron chi connectivity index (χ3n) is 2.50. The van der Waals surface area contributed by atoms with Crippen molar-refractivity contribution in [3.63, 3.8) is 0 Å². The number of carboxylic acid groups (broad SMARTS) is 1. The van der Waals surface area contributed by atoms with E-state index in [9.17, 15) is 4.79 Å². The van der Waals surface area contributed by atoms with Crippen molar-refractivity contribution < 1.29 is 14.3 Å². The van der Waals surface area contributed by atoms with E-state index in [1.807, 2.05) is 32.0 Å². The number of carbonyl (C=O) groups is 1. The summed E-state index contributed by atoms with van der Waals surface area (Å²) in [4.78, 5) is 10.6. The molecule has 1 heterocycles. The maximum atomic E-state index is 10.6. The van der Waals surface area contributed by atoms with Gasteiger partial charge in [-0.25, -0.2) is 4.79 Å². The van der Waals surface area contributed by atoms with E-state index in [0.29, 0.717) is 12.3 Å². The van der Waals surface area contributed by atoms with Crippen LogP contribution in [0.2, 0.25) is 0 Å². The Morgan fingerprint density at radius 3 is 2.76 bits per heavy atom. The normalized spacial score (nSPS) is 10.5. The van der Waals surface area contributed by atoms with Crippen molar-refractivity contribution in [1.29, 1.82) is 0 Å². The number of nitrogens with zero attached hydrogens (tertiary/aromatic N) is 2. The molecule has 0 saturated heterocycles. The van der Waals surface area contributed by atoms with Gasteiger partial charge in [0.15, 0.2) is 0 Å². The van der Waals surface area contributed by atoms with Gasteiger partial charge in [0.25, 0.3) is 0 Å².